The summed E-state index contributed by atoms with van der Waals surface area (Å²) in [5.74, 6) is -0.950. The van der Waals surface area contributed by atoms with Crippen molar-refractivity contribution in [2.24, 2.45) is 0 Å². The van der Waals surface area contributed by atoms with Gasteiger partial charge in [-0.1, -0.05) is 11.6 Å². The van der Waals surface area contributed by atoms with Gasteiger partial charge >= 0.3 is 5.97 Å². The maximum atomic E-state index is 12.1. The molecule has 0 radical (unpaired) electrons. The Morgan fingerprint density at radius 3 is 2.63 bits per heavy atom. The summed E-state index contributed by atoms with van der Waals surface area (Å²) in [6.45, 7) is 3.29. The third-order valence-corrected chi connectivity index (χ3v) is 4.56. The Kier molecular flexibility index (Phi) is 5.34. The molecule has 2 N–H and O–H groups in total. The Morgan fingerprint density at radius 1 is 1.47 bits per heavy atom. The lowest BCUT2D eigenvalue weighted by molar-refractivity contribution is -0.137. The molecule has 0 heterocycles. The fourth-order valence-electron chi connectivity index (χ4n) is 1.64. The van der Waals surface area contributed by atoms with Crippen LogP contribution in [-0.2, 0) is 14.8 Å². The summed E-state index contributed by atoms with van der Waals surface area (Å²) in [7, 11) is -3.66. The Hall–Kier alpha value is -1.11. The molecule has 0 aliphatic rings. The fraction of sp³-hybridized carbons (Fsp3) is 0.417. The molecule has 1 aromatic rings. The monoisotopic (exact) mass is 305 g/mol. The predicted octanol–water partition coefficient (Wildman–Crippen LogP) is 2.18. The highest BCUT2D eigenvalue weighted by Gasteiger charge is 2.19. The molecule has 19 heavy (non-hydrogen) atoms. The highest BCUT2D eigenvalue weighted by atomic mass is 35.5. The average molecular weight is 306 g/mol. The van der Waals surface area contributed by atoms with Crippen molar-refractivity contribution in [1.29, 1.82) is 0 Å². The second-order valence-corrected chi connectivity index (χ2v) is 6.48. The largest absolute Gasteiger partial charge is 0.481 e. The molecular formula is C12H16ClNO4S. The van der Waals surface area contributed by atoms with Crippen molar-refractivity contribution < 1.29 is 18.3 Å². The van der Waals surface area contributed by atoms with Gasteiger partial charge in [0.2, 0.25) is 10.0 Å². The van der Waals surface area contributed by atoms with Crippen LogP contribution in [0.3, 0.4) is 0 Å². The van der Waals surface area contributed by atoms with Gasteiger partial charge in [0, 0.05) is 17.5 Å². The molecular weight excluding hydrogens is 290 g/mol. The first-order chi connectivity index (χ1) is 8.72. The van der Waals surface area contributed by atoms with Crippen LogP contribution in [-0.4, -0.2) is 25.5 Å². The van der Waals surface area contributed by atoms with Gasteiger partial charge in [-0.15, -0.1) is 0 Å². The first kappa shape index (κ1) is 15.9. The van der Waals surface area contributed by atoms with E-state index < -0.39 is 22.0 Å². The fourth-order valence-corrected chi connectivity index (χ4v) is 3.37. The van der Waals surface area contributed by atoms with E-state index in [1.165, 1.54) is 12.1 Å². The third kappa shape index (κ3) is 4.81. The lowest BCUT2D eigenvalue weighted by Gasteiger charge is -2.14. The third-order valence-electron chi connectivity index (χ3n) is 2.57. The van der Waals surface area contributed by atoms with E-state index in [1.54, 1.807) is 19.9 Å². The number of carbonyl (C=O) groups is 1. The van der Waals surface area contributed by atoms with Crippen LogP contribution < -0.4 is 4.72 Å². The van der Waals surface area contributed by atoms with Gasteiger partial charge in [-0.2, -0.15) is 0 Å². The second kappa shape index (κ2) is 6.36. The molecule has 0 spiro atoms. The van der Waals surface area contributed by atoms with Crippen molar-refractivity contribution in [2.45, 2.75) is 37.6 Å². The van der Waals surface area contributed by atoms with Crippen molar-refractivity contribution in [2.75, 3.05) is 0 Å². The minimum atomic E-state index is -3.66. The molecule has 0 aliphatic carbocycles. The SMILES string of the molecule is Cc1cc(Cl)ccc1S(=O)(=O)NC(C)CCC(=O)O. The summed E-state index contributed by atoms with van der Waals surface area (Å²) in [4.78, 5) is 10.6. The van der Waals surface area contributed by atoms with E-state index in [1.807, 2.05) is 0 Å². The Labute approximate surface area is 117 Å². The first-order valence-corrected chi connectivity index (χ1v) is 7.59. The number of rotatable bonds is 6. The second-order valence-electron chi connectivity index (χ2n) is 4.36. The number of carboxylic acids is 1. The van der Waals surface area contributed by atoms with Crippen molar-refractivity contribution >= 4 is 27.6 Å². The van der Waals surface area contributed by atoms with Crippen molar-refractivity contribution in [1.82, 2.24) is 4.72 Å². The van der Waals surface area contributed by atoms with E-state index in [4.69, 9.17) is 16.7 Å². The van der Waals surface area contributed by atoms with Gasteiger partial charge in [0.15, 0.2) is 0 Å². The number of nitrogens with one attached hydrogen (secondary N) is 1. The van der Waals surface area contributed by atoms with Gasteiger partial charge in [0.25, 0.3) is 0 Å². The van der Waals surface area contributed by atoms with Gasteiger partial charge in [0.1, 0.15) is 0 Å². The predicted molar refractivity (Wildman–Crippen MR) is 72.8 cm³/mol. The molecule has 5 nitrogen and oxygen atoms in total. The normalized spacial score (nSPS) is 13.2. The molecule has 0 saturated heterocycles. The van der Waals surface area contributed by atoms with E-state index in [2.05, 4.69) is 4.72 Å². The summed E-state index contributed by atoms with van der Waals surface area (Å²) in [5, 5.41) is 9.03. The molecule has 0 aromatic heterocycles. The number of aliphatic carboxylic acids is 1. The highest BCUT2D eigenvalue weighted by molar-refractivity contribution is 7.89. The summed E-state index contributed by atoms with van der Waals surface area (Å²) >= 11 is 5.78. The standard InChI is InChI=1S/C12H16ClNO4S/c1-8-7-10(13)4-5-11(8)19(17,18)14-9(2)3-6-12(15)16/h4-5,7,9,14H,3,6H2,1-2H3,(H,15,16). The van der Waals surface area contributed by atoms with Gasteiger partial charge < -0.3 is 5.11 Å². The summed E-state index contributed by atoms with van der Waals surface area (Å²) in [6, 6.07) is 4.06. The average Bonchev–Trinajstić information content (AvgIpc) is 2.25. The number of hydrogen-bond donors (Lipinski definition) is 2. The van der Waals surface area contributed by atoms with E-state index >= 15 is 0 Å². The zero-order valence-corrected chi connectivity index (χ0v) is 12.3. The lowest BCUT2D eigenvalue weighted by Crippen LogP contribution is -2.33. The van der Waals surface area contributed by atoms with Crippen LogP contribution in [0, 0.1) is 6.92 Å². The molecule has 106 valence electrons. The molecule has 0 aliphatic heterocycles. The van der Waals surface area contributed by atoms with E-state index in [0.29, 0.717) is 10.6 Å². The van der Waals surface area contributed by atoms with Crippen LogP contribution >= 0.6 is 11.6 Å². The molecule has 0 amide bonds. The van der Waals surface area contributed by atoms with E-state index in [9.17, 15) is 13.2 Å². The highest BCUT2D eigenvalue weighted by Crippen LogP contribution is 2.20. The Bertz CT molecular complexity index is 571. The quantitative estimate of drug-likeness (QED) is 0.844. The van der Waals surface area contributed by atoms with Gasteiger partial charge in [-0.25, -0.2) is 13.1 Å². The molecule has 1 rings (SSSR count). The number of benzene rings is 1. The van der Waals surface area contributed by atoms with Crippen LogP contribution in [0.5, 0.6) is 0 Å². The summed E-state index contributed by atoms with van der Waals surface area (Å²) in [6.07, 6.45) is 0.157. The van der Waals surface area contributed by atoms with Crippen molar-refractivity contribution in [3.63, 3.8) is 0 Å². The first-order valence-electron chi connectivity index (χ1n) is 5.72. The number of hydrogen-bond acceptors (Lipinski definition) is 3. The van der Waals surface area contributed by atoms with Crippen molar-refractivity contribution in [3.8, 4) is 0 Å². The number of aryl methyl sites for hydroxylation is 1. The molecule has 0 saturated carbocycles. The number of halogens is 1. The minimum absolute atomic E-state index is 0.0801. The number of carboxylic acid groups (broad SMARTS) is 1. The van der Waals surface area contributed by atoms with Crippen LogP contribution in [0.1, 0.15) is 25.3 Å². The van der Waals surface area contributed by atoms with Crippen LogP contribution in [0.2, 0.25) is 5.02 Å². The molecule has 1 aromatic carbocycles. The van der Waals surface area contributed by atoms with E-state index in [-0.39, 0.29) is 17.7 Å². The Balaban J connectivity index is 2.83. The van der Waals surface area contributed by atoms with Gasteiger partial charge in [-0.05, 0) is 44.0 Å². The van der Waals surface area contributed by atoms with Crippen LogP contribution in [0.15, 0.2) is 23.1 Å². The van der Waals surface area contributed by atoms with Crippen LogP contribution in [0.4, 0.5) is 0 Å². The molecule has 1 atom stereocenters. The van der Waals surface area contributed by atoms with Gasteiger partial charge in [-0.3, -0.25) is 4.79 Å². The van der Waals surface area contributed by atoms with Gasteiger partial charge in [0.05, 0.1) is 4.90 Å². The molecule has 0 fully saturated rings. The van der Waals surface area contributed by atoms with E-state index in [0.717, 1.165) is 0 Å². The topological polar surface area (TPSA) is 83.5 Å². The summed E-state index contributed by atoms with van der Waals surface area (Å²) in [5.41, 5.74) is 0.547. The summed E-state index contributed by atoms with van der Waals surface area (Å²) < 4.78 is 26.7. The molecule has 7 heteroatoms. The zero-order chi connectivity index (χ0) is 14.6. The molecule has 1 unspecified atom stereocenters. The lowest BCUT2D eigenvalue weighted by atomic mass is 10.2. The number of sulfonamides is 1. The Morgan fingerprint density at radius 2 is 2.11 bits per heavy atom. The maximum absolute atomic E-state index is 12.1. The zero-order valence-electron chi connectivity index (χ0n) is 10.7. The minimum Gasteiger partial charge on any atom is -0.481 e. The maximum Gasteiger partial charge on any atom is 0.303 e. The van der Waals surface area contributed by atoms with Crippen molar-refractivity contribution in [3.05, 3.63) is 28.8 Å². The smallest absolute Gasteiger partial charge is 0.303 e. The van der Waals surface area contributed by atoms with Crippen LogP contribution in [0.25, 0.3) is 0 Å². The molecule has 0 bridgehead atoms.